The van der Waals surface area contributed by atoms with E-state index in [0.717, 1.165) is 25.9 Å². The van der Waals surface area contributed by atoms with Crippen LogP contribution in [0.25, 0.3) is 0 Å². The topological polar surface area (TPSA) is 59.0 Å². The lowest BCUT2D eigenvalue weighted by atomic mass is 9.83. The van der Waals surface area contributed by atoms with Gasteiger partial charge >= 0.3 is 0 Å². The summed E-state index contributed by atoms with van der Waals surface area (Å²) in [5.41, 5.74) is 0.528. The molecule has 5 nitrogen and oxygen atoms in total. The number of carbonyl (C=O) groups excluding carboxylic acids is 1. The number of nitrogens with one attached hydrogen (secondary N) is 2. The molecule has 2 aromatic rings. The van der Waals surface area contributed by atoms with Crippen LogP contribution in [0.15, 0.2) is 48.8 Å². The molecule has 1 fully saturated rings. The maximum atomic E-state index is 13.1. The summed E-state index contributed by atoms with van der Waals surface area (Å²) in [5.74, 6) is 0.0664. The molecule has 0 bridgehead atoms. The number of rotatable bonds is 5. The Bertz CT molecular complexity index is 658. The first kappa shape index (κ1) is 16.7. The second-order valence-corrected chi connectivity index (χ2v) is 7.16. The van der Waals surface area contributed by atoms with Crippen LogP contribution in [0, 0.1) is 0 Å². The van der Waals surface area contributed by atoms with Crippen LogP contribution in [0.3, 0.4) is 0 Å². The van der Waals surface area contributed by atoms with Crippen molar-refractivity contribution in [2.75, 3.05) is 19.6 Å². The zero-order chi connectivity index (χ0) is 17.0. The maximum Gasteiger partial charge on any atom is 0.248 e. The second kappa shape index (κ2) is 6.77. The van der Waals surface area contributed by atoms with E-state index in [1.165, 1.54) is 5.56 Å². The van der Waals surface area contributed by atoms with E-state index in [9.17, 15) is 4.79 Å². The Kier molecular flexibility index (Phi) is 4.71. The number of nitrogens with zero attached hydrogens (tertiary/aromatic N) is 2. The molecule has 0 atom stereocenters. The molecule has 1 amide bonds. The number of piperidine rings is 1. The zero-order valence-electron chi connectivity index (χ0n) is 14.5. The molecular weight excluding hydrogens is 300 g/mol. The predicted octanol–water partition coefficient (Wildman–Crippen LogP) is 2.06. The highest BCUT2D eigenvalue weighted by molar-refractivity contribution is 5.84. The summed E-state index contributed by atoms with van der Waals surface area (Å²) in [6, 6.07) is 12.2. The molecule has 0 radical (unpaired) electrons. The van der Waals surface area contributed by atoms with Gasteiger partial charge in [0.2, 0.25) is 5.91 Å². The molecule has 0 unspecified atom stereocenters. The summed E-state index contributed by atoms with van der Waals surface area (Å²) in [7, 11) is 0. The number of carbonyl (C=O) groups is 1. The van der Waals surface area contributed by atoms with Gasteiger partial charge in [0.05, 0.1) is 0 Å². The van der Waals surface area contributed by atoms with Crippen molar-refractivity contribution < 1.29 is 4.79 Å². The Morgan fingerprint density at radius 3 is 2.58 bits per heavy atom. The van der Waals surface area contributed by atoms with Crippen LogP contribution >= 0.6 is 0 Å². The minimum absolute atomic E-state index is 0.0664. The fourth-order valence-corrected chi connectivity index (χ4v) is 3.38. The third-order valence-electron chi connectivity index (χ3n) is 5.04. The van der Waals surface area contributed by atoms with E-state index in [4.69, 9.17) is 0 Å². The van der Waals surface area contributed by atoms with Gasteiger partial charge in [-0.2, -0.15) is 5.10 Å². The minimum Gasteiger partial charge on any atom is -0.353 e. The molecule has 1 aliphatic heterocycles. The van der Waals surface area contributed by atoms with Crippen LogP contribution in [0.2, 0.25) is 0 Å². The zero-order valence-corrected chi connectivity index (χ0v) is 14.5. The molecule has 5 heteroatoms. The Labute approximate surface area is 143 Å². The van der Waals surface area contributed by atoms with Gasteiger partial charge in [-0.15, -0.1) is 0 Å². The lowest BCUT2D eigenvalue weighted by molar-refractivity contribution is -0.132. The van der Waals surface area contributed by atoms with Crippen molar-refractivity contribution >= 4 is 5.91 Å². The van der Waals surface area contributed by atoms with E-state index in [1.54, 1.807) is 6.20 Å². The van der Waals surface area contributed by atoms with Gasteiger partial charge in [0.25, 0.3) is 0 Å². The van der Waals surface area contributed by atoms with E-state index in [-0.39, 0.29) is 11.3 Å². The van der Waals surface area contributed by atoms with Crippen molar-refractivity contribution in [3.05, 3.63) is 54.4 Å². The van der Waals surface area contributed by atoms with Crippen molar-refractivity contribution in [1.82, 2.24) is 20.4 Å². The molecule has 0 aliphatic carbocycles. The quantitative estimate of drug-likeness (QED) is 0.884. The second-order valence-electron chi connectivity index (χ2n) is 7.16. The first-order valence-corrected chi connectivity index (χ1v) is 8.59. The average molecular weight is 326 g/mol. The third-order valence-corrected chi connectivity index (χ3v) is 5.04. The maximum absolute atomic E-state index is 13.1. The lowest BCUT2D eigenvalue weighted by Gasteiger charge is -2.37. The summed E-state index contributed by atoms with van der Waals surface area (Å²) in [6.07, 6.45) is 5.15. The fourth-order valence-electron chi connectivity index (χ4n) is 3.38. The van der Waals surface area contributed by atoms with E-state index >= 15 is 0 Å². The first-order chi connectivity index (χ1) is 11.5. The molecule has 2 heterocycles. The van der Waals surface area contributed by atoms with Crippen molar-refractivity contribution in [2.24, 2.45) is 0 Å². The molecule has 1 aromatic heterocycles. The minimum atomic E-state index is -0.582. The van der Waals surface area contributed by atoms with Gasteiger partial charge in [0, 0.05) is 24.4 Å². The molecular formula is C19H26N4O. The Morgan fingerprint density at radius 2 is 1.96 bits per heavy atom. The van der Waals surface area contributed by atoms with Gasteiger partial charge in [0.1, 0.15) is 5.54 Å². The normalized spacial score (nSPS) is 17.4. The standard InChI is InChI=1S/C19H26N4O/c1-18(2,16-7-4-3-5-8-16)15-21-17(24)19(9-12-20-13-10-19)23-14-6-11-22-23/h3-8,11,14,20H,9-10,12-13,15H2,1-2H3,(H,21,24). The molecule has 128 valence electrons. The number of hydrogen-bond acceptors (Lipinski definition) is 3. The summed E-state index contributed by atoms with van der Waals surface area (Å²) in [5, 5.41) is 10.9. The molecule has 1 aromatic carbocycles. The molecule has 1 aliphatic rings. The summed E-state index contributed by atoms with van der Waals surface area (Å²) >= 11 is 0. The molecule has 0 spiro atoms. The van der Waals surface area contributed by atoms with Crippen LogP contribution in [0.4, 0.5) is 0 Å². The molecule has 3 rings (SSSR count). The molecule has 0 saturated carbocycles. The van der Waals surface area contributed by atoms with E-state index < -0.39 is 5.54 Å². The van der Waals surface area contributed by atoms with Crippen molar-refractivity contribution in [3.63, 3.8) is 0 Å². The van der Waals surface area contributed by atoms with Crippen LogP contribution in [-0.2, 0) is 15.7 Å². The smallest absolute Gasteiger partial charge is 0.248 e. The van der Waals surface area contributed by atoms with Crippen molar-refractivity contribution in [3.8, 4) is 0 Å². The van der Waals surface area contributed by atoms with Gasteiger partial charge in [0.15, 0.2) is 0 Å². The summed E-state index contributed by atoms with van der Waals surface area (Å²) in [4.78, 5) is 13.1. The van der Waals surface area contributed by atoms with Gasteiger partial charge in [-0.1, -0.05) is 44.2 Å². The van der Waals surface area contributed by atoms with E-state index in [1.807, 2.05) is 35.1 Å². The highest BCUT2D eigenvalue weighted by atomic mass is 16.2. The third kappa shape index (κ3) is 3.22. The van der Waals surface area contributed by atoms with Gasteiger partial charge in [-0.05, 0) is 37.6 Å². The molecule has 24 heavy (non-hydrogen) atoms. The number of amides is 1. The van der Waals surface area contributed by atoms with Gasteiger partial charge in [-0.25, -0.2) is 0 Å². The monoisotopic (exact) mass is 326 g/mol. The number of hydrogen-bond donors (Lipinski definition) is 2. The van der Waals surface area contributed by atoms with Crippen LogP contribution in [-0.4, -0.2) is 35.3 Å². The Balaban J connectivity index is 1.75. The Morgan fingerprint density at radius 1 is 1.25 bits per heavy atom. The highest BCUT2D eigenvalue weighted by Crippen LogP contribution is 2.28. The highest BCUT2D eigenvalue weighted by Gasteiger charge is 2.42. The SMILES string of the molecule is CC(C)(CNC(=O)C1(n2cccn2)CCNCC1)c1ccccc1. The van der Waals surface area contributed by atoms with Crippen LogP contribution in [0.5, 0.6) is 0 Å². The predicted molar refractivity (Wildman–Crippen MR) is 94.8 cm³/mol. The Hall–Kier alpha value is -2.14. The van der Waals surface area contributed by atoms with Gasteiger partial charge in [-0.3, -0.25) is 9.48 Å². The lowest BCUT2D eigenvalue weighted by Crippen LogP contribution is -2.56. The summed E-state index contributed by atoms with van der Waals surface area (Å²) in [6.45, 7) is 6.58. The van der Waals surface area contributed by atoms with E-state index in [2.05, 4.69) is 41.7 Å². The first-order valence-electron chi connectivity index (χ1n) is 8.59. The average Bonchev–Trinajstić information content (AvgIpc) is 3.16. The number of benzene rings is 1. The van der Waals surface area contributed by atoms with Crippen molar-refractivity contribution in [1.29, 1.82) is 0 Å². The van der Waals surface area contributed by atoms with Gasteiger partial charge < -0.3 is 10.6 Å². The number of aromatic nitrogens is 2. The molecule has 2 N–H and O–H groups in total. The molecule has 1 saturated heterocycles. The van der Waals surface area contributed by atoms with Crippen molar-refractivity contribution in [2.45, 2.75) is 37.6 Å². The van der Waals surface area contributed by atoms with Crippen LogP contribution < -0.4 is 10.6 Å². The van der Waals surface area contributed by atoms with E-state index in [0.29, 0.717) is 6.54 Å². The largest absolute Gasteiger partial charge is 0.353 e. The fraction of sp³-hybridized carbons (Fsp3) is 0.474. The summed E-state index contributed by atoms with van der Waals surface area (Å²) < 4.78 is 1.83. The van der Waals surface area contributed by atoms with Crippen LogP contribution in [0.1, 0.15) is 32.3 Å².